The third-order valence-electron chi connectivity index (χ3n) is 1.48. The monoisotopic (exact) mass is 205 g/mol. The van der Waals surface area contributed by atoms with E-state index in [1.54, 1.807) is 0 Å². The van der Waals surface area contributed by atoms with Crippen LogP contribution in [0.1, 0.15) is 5.56 Å². The first kappa shape index (κ1) is 8.23. The van der Waals surface area contributed by atoms with Gasteiger partial charge in [-0.2, -0.15) is 0 Å². The van der Waals surface area contributed by atoms with Crippen molar-refractivity contribution in [2.24, 2.45) is 0 Å². The number of hydrogen-bond donors (Lipinski definition) is 0. The Kier molecular flexibility index (Phi) is 3.38. The predicted molar refractivity (Wildman–Crippen MR) is 41.9 cm³/mol. The normalized spacial score (nSPS) is 9.40. The van der Waals surface area contributed by atoms with Crippen LogP contribution in [-0.4, -0.2) is 0 Å². The van der Waals surface area contributed by atoms with E-state index in [1.807, 2.05) is 6.07 Å². The summed E-state index contributed by atoms with van der Waals surface area (Å²) in [5.41, 5.74) is 3.62. The summed E-state index contributed by atoms with van der Waals surface area (Å²) in [6.07, 6.45) is 0. The Hall–Kier alpha value is 0.133. The molecule has 0 amide bonds. The number of rotatable bonds is 2. The van der Waals surface area contributed by atoms with Crippen LogP contribution in [0.2, 0.25) is 5.52 Å². The van der Waals surface area contributed by atoms with Crippen LogP contribution in [0.25, 0.3) is 0 Å². The van der Waals surface area contributed by atoms with Crippen LogP contribution in [0.4, 0.5) is 0 Å². The Morgan fingerprint density at radius 2 is 1.90 bits per heavy atom. The summed E-state index contributed by atoms with van der Waals surface area (Å²) >= 11 is -1.51. The number of benzene rings is 1. The third-order valence-corrected chi connectivity index (χ3v) is 5.11. The quantitative estimate of drug-likeness (QED) is 0.654. The number of halogens is 1. The van der Waals surface area contributed by atoms with Crippen LogP contribution in [-0.2, 0) is 20.0 Å². The second-order valence-corrected chi connectivity index (χ2v) is 12.5. The van der Waals surface area contributed by atoms with E-state index in [4.69, 9.17) is 9.69 Å². The van der Waals surface area contributed by atoms with E-state index in [2.05, 4.69) is 29.8 Å². The predicted octanol–water partition coefficient (Wildman–Crippen LogP) is 3.01. The molecule has 1 aromatic carbocycles. The van der Waals surface area contributed by atoms with Gasteiger partial charge in [-0.05, 0) is 0 Å². The molecule has 0 unspecified atom stereocenters. The van der Waals surface area contributed by atoms with Gasteiger partial charge in [-0.25, -0.2) is 0 Å². The second kappa shape index (κ2) is 4.10. The Morgan fingerprint density at radius 3 is 2.40 bits per heavy atom. The van der Waals surface area contributed by atoms with Crippen molar-refractivity contribution >= 4 is 9.69 Å². The van der Waals surface area contributed by atoms with Crippen LogP contribution >= 0.6 is 9.69 Å². The molecule has 2 heteroatoms. The zero-order valence-electron chi connectivity index (χ0n) is 6.18. The van der Waals surface area contributed by atoms with E-state index in [0.29, 0.717) is 0 Å². The molecule has 0 N–H and O–H groups in total. The molecule has 0 saturated carbocycles. The van der Waals surface area contributed by atoms with Crippen molar-refractivity contribution in [3.05, 3.63) is 35.9 Å². The fourth-order valence-electron chi connectivity index (χ4n) is 1.04. The van der Waals surface area contributed by atoms with Crippen molar-refractivity contribution in [1.29, 1.82) is 0 Å². The molecular weight excluding hydrogens is 197 g/mol. The minimum absolute atomic E-state index is 1.17. The van der Waals surface area contributed by atoms with Gasteiger partial charge in [-0.15, -0.1) is 0 Å². The van der Waals surface area contributed by atoms with Crippen LogP contribution in [0, 0.1) is 0 Å². The molecule has 1 rings (SSSR count). The summed E-state index contributed by atoms with van der Waals surface area (Å²) < 4.78 is 0. The van der Waals surface area contributed by atoms with Gasteiger partial charge in [-0.3, -0.25) is 0 Å². The van der Waals surface area contributed by atoms with Crippen molar-refractivity contribution < 1.29 is 15.0 Å². The van der Waals surface area contributed by atoms with Crippen LogP contribution in [0.3, 0.4) is 0 Å². The third kappa shape index (κ3) is 2.81. The first-order valence-electron chi connectivity index (χ1n) is 3.74. The second-order valence-electron chi connectivity index (χ2n) is 2.69. The van der Waals surface area contributed by atoms with Crippen LogP contribution in [0.5, 0.6) is 0 Å². The standard InChI is InChI=1S/C7H7.CH3.ClH.Zn/c1-7-5-3-2-4-6-7;;;/h2-6H,1H2;1H3;1H;/q;;;+1/p-1. The van der Waals surface area contributed by atoms with Crippen molar-refractivity contribution in [1.82, 2.24) is 0 Å². The van der Waals surface area contributed by atoms with E-state index in [9.17, 15) is 0 Å². The topological polar surface area (TPSA) is 0 Å². The summed E-state index contributed by atoms with van der Waals surface area (Å²) in [6, 6.07) is 10.5. The molecule has 0 atom stereocenters. The Morgan fingerprint density at radius 1 is 1.30 bits per heavy atom. The van der Waals surface area contributed by atoms with Gasteiger partial charge in [0.05, 0.1) is 0 Å². The van der Waals surface area contributed by atoms with E-state index < -0.39 is 15.0 Å². The minimum atomic E-state index is -1.51. The zero-order valence-corrected chi connectivity index (χ0v) is 9.90. The van der Waals surface area contributed by atoms with Crippen molar-refractivity contribution in [3.63, 3.8) is 0 Å². The molecule has 10 heavy (non-hydrogen) atoms. The average molecular weight is 207 g/mol. The molecule has 0 aliphatic rings. The molecular formula is C8H10ClZn. The fraction of sp³-hybridized carbons (Fsp3) is 0.250. The zero-order chi connectivity index (χ0) is 7.40. The van der Waals surface area contributed by atoms with Gasteiger partial charge in [-0.1, -0.05) is 0 Å². The van der Waals surface area contributed by atoms with Gasteiger partial charge in [0.25, 0.3) is 0 Å². The summed E-state index contributed by atoms with van der Waals surface area (Å²) in [4.78, 5) is 0. The van der Waals surface area contributed by atoms with E-state index >= 15 is 0 Å². The molecule has 0 spiro atoms. The van der Waals surface area contributed by atoms with E-state index in [0.717, 1.165) is 0 Å². The molecule has 0 nitrogen and oxygen atoms in total. The molecule has 0 saturated heterocycles. The maximum absolute atomic E-state index is 6.02. The van der Waals surface area contributed by atoms with E-state index in [-0.39, 0.29) is 0 Å². The van der Waals surface area contributed by atoms with Crippen molar-refractivity contribution in [2.45, 2.75) is 10.5 Å². The van der Waals surface area contributed by atoms with Gasteiger partial charge >= 0.3 is 71.1 Å². The van der Waals surface area contributed by atoms with Gasteiger partial charge in [0.15, 0.2) is 0 Å². The summed E-state index contributed by atoms with van der Waals surface area (Å²) in [7, 11) is 6.02. The van der Waals surface area contributed by atoms with Crippen molar-refractivity contribution in [2.75, 3.05) is 0 Å². The Bertz CT molecular complexity index is 184. The molecule has 1 aromatic rings. The first-order chi connectivity index (χ1) is 4.79. The average Bonchev–Trinajstić information content (AvgIpc) is 1.88. The molecule has 51 valence electrons. The summed E-state index contributed by atoms with van der Waals surface area (Å²) in [5.74, 6) is 0. The first-order valence-corrected chi connectivity index (χ1v) is 12.7. The Balaban J connectivity index is 2.59. The molecule has 0 bridgehead atoms. The van der Waals surface area contributed by atoms with Gasteiger partial charge < -0.3 is 0 Å². The van der Waals surface area contributed by atoms with Crippen LogP contribution < -0.4 is 0 Å². The summed E-state index contributed by atoms with van der Waals surface area (Å²) in [6.45, 7) is 0. The van der Waals surface area contributed by atoms with Gasteiger partial charge in [0.1, 0.15) is 0 Å². The molecule has 0 radical (unpaired) electrons. The van der Waals surface area contributed by atoms with Gasteiger partial charge in [0.2, 0.25) is 0 Å². The molecule has 0 aromatic heterocycles. The SMILES string of the molecule is [CH3][Zn]([Cl])[CH2]c1ccccc1. The number of hydrogen-bond acceptors (Lipinski definition) is 0. The Labute approximate surface area is 71.2 Å². The maximum atomic E-state index is 6.02. The van der Waals surface area contributed by atoms with Gasteiger partial charge in [0, 0.05) is 0 Å². The van der Waals surface area contributed by atoms with Crippen molar-refractivity contribution in [3.8, 4) is 0 Å². The van der Waals surface area contributed by atoms with Crippen LogP contribution in [0.15, 0.2) is 30.3 Å². The molecule has 0 heterocycles. The molecule has 0 fully saturated rings. The molecule has 0 aliphatic carbocycles. The summed E-state index contributed by atoms with van der Waals surface area (Å²) in [5, 5.41) is 1.17. The van der Waals surface area contributed by atoms with E-state index in [1.165, 1.54) is 10.6 Å². The fourth-order valence-corrected chi connectivity index (χ4v) is 4.54. The molecule has 0 aliphatic heterocycles.